The Morgan fingerprint density at radius 2 is 2.25 bits per heavy atom. The third-order valence-corrected chi connectivity index (χ3v) is 1.78. The normalized spacial score (nSPS) is 10.1. The Labute approximate surface area is 87.3 Å². The highest BCUT2D eigenvalue weighted by Gasteiger charge is 2.26. The zero-order chi connectivity index (χ0) is 12.3. The Balaban J connectivity index is 3.47. The third kappa shape index (κ3) is 2.20. The Morgan fingerprint density at radius 3 is 2.69 bits per heavy atom. The fraction of sp³-hybridized carbons (Fsp3) is 0.250. The lowest BCUT2D eigenvalue weighted by atomic mass is 10.1. The first kappa shape index (κ1) is 11.8. The molecule has 0 saturated carbocycles. The largest absolute Gasteiger partial charge is 0.342 e. The number of hydrogen-bond donors (Lipinski definition) is 1. The number of nitriles is 1. The minimum absolute atomic E-state index is 0.0756. The smallest absolute Gasteiger partial charge is 0.319 e. The van der Waals surface area contributed by atoms with E-state index in [4.69, 9.17) is 5.26 Å². The molecule has 0 amide bonds. The van der Waals surface area contributed by atoms with Crippen LogP contribution < -0.4 is 5.56 Å². The van der Waals surface area contributed by atoms with E-state index >= 15 is 0 Å². The van der Waals surface area contributed by atoms with Crippen LogP contribution in [0.2, 0.25) is 0 Å². The maximum Gasteiger partial charge on any atom is 0.342 e. The number of nitro groups is 1. The highest BCUT2D eigenvalue weighted by molar-refractivity contribution is 5.40. The number of halogens is 2. The van der Waals surface area contributed by atoms with Crippen LogP contribution in [0.4, 0.5) is 14.5 Å². The monoisotopic (exact) mass is 229 g/mol. The van der Waals surface area contributed by atoms with Crippen molar-refractivity contribution in [1.29, 1.82) is 5.26 Å². The van der Waals surface area contributed by atoms with E-state index in [0.717, 1.165) is 6.07 Å². The lowest BCUT2D eigenvalue weighted by molar-refractivity contribution is -0.387. The molecule has 1 aromatic rings. The SMILES string of the molecule is N#CCc1cc(C(F)F)c([N+](=O)[O-])c(=O)[nH]1. The lowest BCUT2D eigenvalue weighted by Crippen LogP contribution is -2.16. The Hall–Kier alpha value is -2.30. The van der Waals surface area contributed by atoms with E-state index in [2.05, 4.69) is 0 Å². The van der Waals surface area contributed by atoms with E-state index in [1.165, 1.54) is 0 Å². The summed E-state index contributed by atoms with van der Waals surface area (Å²) >= 11 is 0. The van der Waals surface area contributed by atoms with Gasteiger partial charge in [0.1, 0.15) is 5.56 Å². The van der Waals surface area contributed by atoms with Gasteiger partial charge in [-0.1, -0.05) is 0 Å². The van der Waals surface area contributed by atoms with Gasteiger partial charge in [0.25, 0.3) is 6.43 Å². The summed E-state index contributed by atoms with van der Waals surface area (Å²) in [6.45, 7) is 0. The highest BCUT2D eigenvalue weighted by atomic mass is 19.3. The Bertz CT molecular complexity index is 518. The van der Waals surface area contributed by atoms with Gasteiger partial charge in [0.15, 0.2) is 0 Å². The van der Waals surface area contributed by atoms with Crippen LogP contribution in [-0.2, 0) is 6.42 Å². The van der Waals surface area contributed by atoms with Gasteiger partial charge in [-0.2, -0.15) is 5.26 Å². The summed E-state index contributed by atoms with van der Waals surface area (Å²) in [7, 11) is 0. The number of alkyl halides is 2. The standard InChI is InChI=1S/C8H5F2N3O3/c9-7(10)5-3-4(1-2-11)12-8(14)6(5)13(15)16/h3,7H,1H2,(H,12,14). The molecule has 0 saturated heterocycles. The summed E-state index contributed by atoms with van der Waals surface area (Å²) in [5, 5.41) is 18.7. The van der Waals surface area contributed by atoms with Crippen molar-refractivity contribution in [1.82, 2.24) is 4.98 Å². The van der Waals surface area contributed by atoms with Gasteiger partial charge in [0.2, 0.25) is 0 Å². The maximum atomic E-state index is 12.4. The van der Waals surface area contributed by atoms with Crippen LogP contribution in [0.15, 0.2) is 10.9 Å². The first-order chi connectivity index (χ1) is 7.47. The summed E-state index contributed by atoms with van der Waals surface area (Å²) < 4.78 is 24.9. The number of pyridine rings is 1. The average molecular weight is 229 g/mol. The van der Waals surface area contributed by atoms with E-state index in [1.807, 2.05) is 4.98 Å². The van der Waals surface area contributed by atoms with Crippen molar-refractivity contribution in [2.24, 2.45) is 0 Å². The summed E-state index contributed by atoms with van der Waals surface area (Å²) in [6.07, 6.45) is -3.44. The van der Waals surface area contributed by atoms with E-state index in [9.17, 15) is 23.7 Å². The van der Waals surface area contributed by atoms with Crippen LogP contribution >= 0.6 is 0 Å². The Kier molecular flexibility index (Phi) is 3.30. The predicted molar refractivity (Wildman–Crippen MR) is 48.0 cm³/mol. The molecule has 0 fully saturated rings. The van der Waals surface area contributed by atoms with E-state index in [0.29, 0.717) is 0 Å². The molecule has 0 aliphatic carbocycles. The molecule has 0 bridgehead atoms. The molecule has 1 heterocycles. The highest BCUT2D eigenvalue weighted by Crippen LogP contribution is 2.25. The molecule has 0 aliphatic heterocycles. The van der Waals surface area contributed by atoms with Gasteiger partial charge in [0.05, 0.1) is 17.4 Å². The number of aromatic nitrogens is 1. The van der Waals surface area contributed by atoms with Gasteiger partial charge in [-0.25, -0.2) is 8.78 Å². The molecule has 6 nitrogen and oxygen atoms in total. The molecular formula is C8H5F2N3O3. The Morgan fingerprint density at radius 1 is 1.62 bits per heavy atom. The van der Waals surface area contributed by atoms with Gasteiger partial charge in [0, 0.05) is 5.69 Å². The third-order valence-electron chi connectivity index (χ3n) is 1.78. The summed E-state index contributed by atoms with van der Waals surface area (Å²) in [6, 6.07) is 2.40. The molecule has 0 spiro atoms. The molecule has 0 unspecified atom stereocenters. The van der Waals surface area contributed by atoms with E-state index in [-0.39, 0.29) is 12.1 Å². The molecule has 1 N–H and O–H groups in total. The topological polar surface area (TPSA) is 99.8 Å². The molecule has 0 aliphatic rings. The average Bonchev–Trinajstić information content (AvgIpc) is 2.16. The predicted octanol–water partition coefficient (Wildman–Crippen LogP) is 1.29. The molecule has 0 aromatic carbocycles. The van der Waals surface area contributed by atoms with Crippen LogP contribution in [0.5, 0.6) is 0 Å². The lowest BCUT2D eigenvalue weighted by Gasteiger charge is -2.02. The summed E-state index contributed by atoms with van der Waals surface area (Å²) in [4.78, 5) is 22.4. The van der Waals surface area contributed by atoms with Gasteiger partial charge < -0.3 is 4.98 Å². The molecule has 1 rings (SSSR count). The fourth-order valence-corrected chi connectivity index (χ4v) is 1.16. The van der Waals surface area contributed by atoms with Crippen molar-refractivity contribution < 1.29 is 13.7 Å². The fourth-order valence-electron chi connectivity index (χ4n) is 1.16. The molecule has 84 valence electrons. The van der Waals surface area contributed by atoms with Crippen LogP contribution in [-0.4, -0.2) is 9.91 Å². The molecule has 0 radical (unpaired) electrons. The number of H-pyrrole nitrogens is 1. The van der Waals surface area contributed by atoms with E-state index in [1.54, 1.807) is 6.07 Å². The molecule has 1 aromatic heterocycles. The second-order valence-corrected chi connectivity index (χ2v) is 2.82. The summed E-state index contributed by atoms with van der Waals surface area (Å²) in [5.74, 6) is 0. The van der Waals surface area contributed by atoms with Crippen LogP contribution in [0.3, 0.4) is 0 Å². The first-order valence-corrected chi connectivity index (χ1v) is 4.03. The molecule has 8 heteroatoms. The minimum Gasteiger partial charge on any atom is -0.319 e. The van der Waals surface area contributed by atoms with E-state index < -0.39 is 28.2 Å². The minimum atomic E-state index is -3.14. The first-order valence-electron chi connectivity index (χ1n) is 4.03. The van der Waals surface area contributed by atoms with Crippen molar-refractivity contribution in [3.05, 3.63) is 37.8 Å². The molecule has 0 atom stereocenters. The van der Waals surface area contributed by atoms with Crippen molar-refractivity contribution in [3.63, 3.8) is 0 Å². The number of aromatic amines is 1. The number of nitrogens with one attached hydrogen (secondary N) is 1. The zero-order valence-electron chi connectivity index (χ0n) is 7.74. The van der Waals surface area contributed by atoms with Gasteiger partial charge in [-0.3, -0.25) is 14.9 Å². The van der Waals surface area contributed by atoms with Crippen LogP contribution in [0.25, 0.3) is 0 Å². The zero-order valence-corrected chi connectivity index (χ0v) is 7.74. The van der Waals surface area contributed by atoms with Crippen molar-refractivity contribution in [2.45, 2.75) is 12.8 Å². The van der Waals surface area contributed by atoms with Gasteiger partial charge >= 0.3 is 11.2 Å². The van der Waals surface area contributed by atoms with Gasteiger partial charge in [-0.05, 0) is 6.07 Å². The van der Waals surface area contributed by atoms with Crippen molar-refractivity contribution >= 4 is 5.69 Å². The number of rotatable bonds is 3. The molecule has 16 heavy (non-hydrogen) atoms. The van der Waals surface area contributed by atoms with Crippen LogP contribution in [0, 0.1) is 21.4 Å². The maximum absolute atomic E-state index is 12.4. The number of hydrogen-bond acceptors (Lipinski definition) is 4. The van der Waals surface area contributed by atoms with Crippen molar-refractivity contribution in [3.8, 4) is 6.07 Å². The second-order valence-electron chi connectivity index (χ2n) is 2.82. The van der Waals surface area contributed by atoms with Gasteiger partial charge in [-0.15, -0.1) is 0 Å². The summed E-state index contributed by atoms with van der Waals surface area (Å²) in [5.41, 5.74) is -3.46. The van der Waals surface area contributed by atoms with Crippen LogP contribution in [0.1, 0.15) is 17.7 Å². The quantitative estimate of drug-likeness (QED) is 0.623. The molecular weight excluding hydrogens is 224 g/mol. The second kappa shape index (κ2) is 4.48. The number of nitrogens with zero attached hydrogens (tertiary/aromatic N) is 2. The van der Waals surface area contributed by atoms with Crippen molar-refractivity contribution in [2.75, 3.05) is 0 Å².